The number of hydrogen-bond acceptors (Lipinski definition) is 3. The first-order valence-electron chi connectivity index (χ1n) is 5.72. The third kappa shape index (κ3) is 5.36. The molecule has 94 valence electrons. The lowest BCUT2D eigenvalue weighted by molar-refractivity contribution is 0.119. The maximum Gasteiger partial charge on any atom is 0.407 e. The zero-order valence-electron chi connectivity index (χ0n) is 10.2. The number of ether oxygens (including phenoxy) is 1. The average molecular weight is 237 g/mol. The molecule has 1 aromatic rings. The second kappa shape index (κ2) is 6.91. The summed E-state index contributed by atoms with van der Waals surface area (Å²) in [6.45, 7) is 4.23. The minimum Gasteiger partial charge on any atom is -0.445 e. The molecule has 1 aromatic carbocycles. The minimum atomic E-state index is -0.457. The molecule has 0 saturated heterocycles. The summed E-state index contributed by atoms with van der Waals surface area (Å²) in [5.41, 5.74) is 0.950. The Morgan fingerprint density at radius 3 is 2.59 bits per heavy atom. The number of nitrogens with one attached hydrogen (secondary N) is 1. The highest BCUT2D eigenvalue weighted by Gasteiger charge is 2.10. The Morgan fingerprint density at radius 1 is 1.35 bits per heavy atom. The van der Waals surface area contributed by atoms with Crippen molar-refractivity contribution in [1.82, 2.24) is 5.32 Å². The standard InChI is InChI=1S/C13H19NO3/c1-10(11(2)15)8-14-13(16)17-9-12-6-4-3-5-7-12/h3-7,10-11,15H,8-9H2,1-2H3,(H,14,16). The van der Waals surface area contributed by atoms with E-state index in [1.807, 2.05) is 37.3 Å². The van der Waals surface area contributed by atoms with Gasteiger partial charge in [-0.15, -0.1) is 0 Å². The molecule has 0 aliphatic heterocycles. The molecule has 0 bridgehead atoms. The van der Waals surface area contributed by atoms with Gasteiger partial charge in [0.2, 0.25) is 0 Å². The molecule has 0 aliphatic carbocycles. The summed E-state index contributed by atoms with van der Waals surface area (Å²) >= 11 is 0. The molecule has 1 amide bonds. The number of carbonyl (C=O) groups is 1. The number of alkyl carbamates (subject to hydrolysis) is 1. The maximum absolute atomic E-state index is 11.3. The van der Waals surface area contributed by atoms with Crippen LogP contribution < -0.4 is 5.32 Å². The quantitative estimate of drug-likeness (QED) is 0.822. The van der Waals surface area contributed by atoms with Crippen molar-refractivity contribution in [3.63, 3.8) is 0 Å². The van der Waals surface area contributed by atoms with Gasteiger partial charge >= 0.3 is 6.09 Å². The third-order valence-electron chi connectivity index (χ3n) is 2.60. The number of rotatable bonds is 5. The summed E-state index contributed by atoms with van der Waals surface area (Å²) in [4.78, 5) is 11.3. The number of aliphatic hydroxyl groups excluding tert-OH is 1. The van der Waals surface area contributed by atoms with Gasteiger partial charge in [-0.2, -0.15) is 0 Å². The molecular weight excluding hydrogens is 218 g/mol. The zero-order chi connectivity index (χ0) is 12.7. The van der Waals surface area contributed by atoms with E-state index in [0.29, 0.717) is 6.54 Å². The van der Waals surface area contributed by atoms with Gasteiger partial charge < -0.3 is 15.2 Å². The molecule has 4 nitrogen and oxygen atoms in total. The molecule has 1 rings (SSSR count). The van der Waals surface area contributed by atoms with Gasteiger partial charge in [0.05, 0.1) is 6.10 Å². The van der Waals surface area contributed by atoms with Crippen LogP contribution in [0.2, 0.25) is 0 Å². The van der Waals surface area contributed by atoms with E-state index < -0.39 is 12.2 Å². The molecule has 0 heterocycles. The predicted molar refractivity (Wildman–Crippen MR) is 65.5 cm³/mol. The van der Waals surface area contributed by atoms with Gasteiger partial charge in [0.25, 0.3) is 0 Å². The van der Waals surface area contributed by atoms with E-state index in [4.69, 9.17) is 4.74 Å². The first-order valence-corrected chi connectivity index (χ1v) is 5.72. The van der Waals surface area contributed by atoms with E-state index >= 15 is 0 Å². The summed E-state index contributed by atoms with van der Waals surface area (Å²) in [5.74, 6) is 0.0132. The highest BCUT2D eigenvalue weighted by atomic mass is 16.5. The smallest absolute Gasteiger partial charge is 0.407 e. The number of carbonyl (C=O) groups excluding carboxylic acids is 1. The lowest BCUT2D eigenvalue weighted by Crippen LogP contribution is -2.32. The Kier molecular flexibility index (Phi) is 5.49. The van der Waals surface area contributed by atoms with Crippen molar-refractivity contribution in [2.24, 2.45) is 5.92 Å². The average Bonchev–Trinajstić information content (AvgIpc) is 2.34. The van der Waals surface area contributed by atoms with Gasteiger partial charge in [-0.05, 0) is 18.4 Å². The van der Waals surface area contributed by atoms with Crippen LogP contribution in [0.1, 0.15) is 19.4 Å². The number of hydrogen-bond donors (Lipinski definition) is 2. The fraction of sp³-hybridized carbons (Fsp3) is 0.462. The topological polar surface area (TPSA) is 58.6 Å². The first kappa shape index (κ1) is 13.5. The molecular formula is C13H19NO3. The van der Waals surface area contributed by atoms with Crippen LogP contribution in [0.4, 0.5) is 4.79 Å². The molecule has 0 spiro atoms. The Morgan fingerprint density at radius 2 is 2.00 bits per heavy atom. The third-order valence-corrected chi connectivity index (χ3v) is 2.60. The number of aliphatic hydroxyl groups is 1. The van der Waals surface area contributed by atoms with Crippen LogP contribution in [-0.2, 0) is 11.3 Å². The van der Waals surface area contributed by atoms with Gasteiger partial charge in [-0.1, -0.05) is 37.3 Å². The lowest BCUT2D eigenvalue weighted by Gasteiger charge is -2.15. The number of benzene rings is 1. The van der Waals surface area contributed by atoms with E-state index in [1.165, 1.54) is 0 Å². The molecule has 2 N–H and O–H groups in total. The minimum absolute atomic E-state index is 0.0132. The molecule has 0 aliphatic rings. The molecule has 4 heteroatoms. The molecule has 2 atom stereocenters. The van der Waals surface area contributed by atoms with Gasteiger partial charge in [0.1, 0.15) is 6.61 Å². The number of amides is 1. The van der Waals surface area contributed by atoms with Crippen LogP contribution in [-0.4, -0.2) is 23.8 Å². The van der Waals surface area contributed by atoms with E-state index in [2.05, 4.69) is 5.32 Å². The van der Waals surface area contributed by atoms with E-state index in [1.54, 1.807) is 6.92 Å². The monoisotopic (exact) mass is 237 g/mol. The Hall–Kier alpha value is -1.55. The highest BCUT2D eigenvalue weighted by Crippen LogP contribution is 2.02. The van der Waals surface area contributed by atoms with Crippen molar-refractivity contribution >= 4 is 6.09 Å². The normalized spacial score (nSPS) is 13.8. The van der Waals surface area contributed by atoms with Crippen LogP contribution in [0.15, 0.2) is 30.3 Å². The second-order valence-electron chi connectivity index (χ2n) is 4.16. The fourth-order valence-corrected chi connectivity index (χ4v) is 1.19. The van der Waals surface area contributed by atoms with Crippen LogP contribution in [0.5, 0.6) is 0 Å². The van der Waals surface area contributed by atoms with Crippen molar-refractivity contribution in [1.29, 1.82) is 0 Å². The Labute approximate surface area is 102 Å². The van der Waals surface area contributed by atoms with Crippen molar-refractivity contribution in [2.75, 3.05) is 6.54 Å². The molecule has 0 aromatic heterocycles. The molecule has 2 unspecified atom stereocenters. The predicted octanol–water partition coefficient (Wildman–Crippen LogP) is 1.93. The summed E-state index contributed by atoms with van der Waals surface area (Å²) in [6.07, 6.45) is -0.897. The van der Waals surface area contributed by atoms with Crippen molar-refractivity contribution in [3.05, 3.63) is 35.9 Å². The molecule has 0 radical (unpaired) electrons. The van der Waals surface area contributed by atoms with Gasteiger partial charge in [-0.25, -0.2) is 4.79 Å². The Bertz CT molecular complexity index is 338. The summed E-state index contributed by atoms with van der Waals surface area (Å²) in [6, 6.07) is 9.49. The largest absolute Gasteiger partial charge is 0.445 e. The molecule has 0 saturated carbocycles. The van der Waals surface area contributed by atoms with Crippen molar-refractivity contribution in [3.8, 4) is 0 Å². The SMILES string of the molecule is CC(O)C(C)CNC(=O)OCc1ccccc1. The van der Waals surface area contributed by atoms with Crippen LogP contribution in [0, 0.1) is 5.92 Å². The molecule has 0 fully saturated rings. The fourth-order valence-electron chi connectivity index (χ4n) is 1.19. The summed E-state index contributed by atoms with van der Waals surface area (Å²) in [5, 5.41) is 11.9. The van der Waals surface area contributed by atoms with Crippen molar-refractivity contribution in [2.45, 2.75) is 26.6 Å². The lowest BCUT2D eigenvalue weighted by atomic mass is 10.1. The summed E-state index contributed by atoms with van der Waals surface area (Å²) < 4.78 is 5.03. The maximum atomic E-state index is 11.3. The van der Waals surface area contributed by atoms with E-state index in [-0.39, 0.29) is 12.5 Å². The Balaban J connectivity index is 2.22. The second-order valence-corrected chi connectivity index (χ2v) is 4.16. The summed E-state index contributed by atoms with van der Waals surface area (Å²) in [7, 11) is 0. The van der Waals surface area contributed by atoms with Gasteiger partial charge in [0.15, 0.2) is 0 Å². The highest BCUT2D eigenvalue weighted by molar-refractivity contribution is 5.67. The zero-order valence-corrected chi connectivity index (χ0v) is 10.2. The van der Waals surface area contributed by atoms with Crippen molar-refractivity contribution < 1.29 is 14.6 Å². The first-order chi connectivity index (χ1) is 8.09. The van der Waals surface area contributed by atoms with Crippen LogP contribution in [0.25, 0.3) is 0 Å². The van der Waals surface area contributed by atoms with E-state index in [0.717, 1.165) is 5.56 Å². The van der Waals surface area contributed by atoms with Crippen LogP contribution in [0.3, 0.4) is 0 Å². The van der Waals surface area contributed by atoms with E-state index in [9.17, 15) is 9.90 Å². The van der Waals surface area contributed by atoms with Gasteiger partial charge in [0, 0.05) is 6.54 Å². The molecule has 17 heavy (non-hydrogen) atoms. The van der Waals surface area contributed by atoms with Gasteiger partial charge in [-0.3, -0.25) is 0 Å². The van der Waals surface area contributed by atoms with Crippen LogP contribution >= 0.6 is 0 Å².